The molecule has 0 aliphatic rings. The molecular formula is C20H30N4O2S. The number of aromatic nitrogens is 1. The second-order valence-electron chi connectivity index (χ2n) is 5.88. The summed E-state index contributed by atoms with van der Waals surface area (Å²) in [6.07, 6.45) is 2.75. The van der Waals surface area contributed by atoms with Crippen LogP contribution in [0, 0.1) is 6.92 Å². The third kappa shape index (κ3) is 7.09. The summed E-state index contributed by atoms with van der Waals surface area (Å²) in [4.78, 5) is 10.2. The molecule has 0 bridgehead atoms. The lowest BCUT2D eigenvalue weighted by Crippen LogP contribution is -2.38. The number of hydrogen-bond acceptors (Lipinski definition) is 5. The van der Waals surface area contributed by atoms with E-state index in [9.17, 15) is 0 Å². The standard InChI is InChI=1S/C20H30N4O2S/c1-5-21-20(24-14-19-23-13-15(4)27-19)22-11-10-16-8-9-17(25-6-2)18(12-16)26-7-3/h8-9,12-13H,5-7,10-11,14H2,1-4H3,(H2,21,22,24). The third-order valence-electron chi connectivity index (χ3n) is 3.70. The summed E-state index contributed by atoms with van der Waals surface area (Å²) in [6.45, 7) is 11.5. The maximum atomic E-state index is 5.70. The summed E-state index contributed by atoms with van der Waals surface area (Å²) in [5.74, 6) is 2.41. The quantitative estimate of drug-likeness (QED) is 0.480. The number of aryl methyl sites for hydroxylation is 1. The van der Waals surface area contributed by atoms with Gasteiger partial charge in [-0.15, -0.1) is 11.3 Å². The number of guanidine groups is 1. The molecule has 6 nitrogen and oxygen atoms in total. The van der Waals surface area contributed by atoms with Crippen LogP contribution in [0.2, 0.25) is 0 Å². The van der Waals surface area contributed by atoms with Crippen LogP contribution in [0.1, 0.15) is 36.2 Å². The minimum Gasteiger partial charge on any atom is -0.490 e. The lowest BCUT2D eigenvalue weighted by Gasteiger charge is -2.14. The van der Waals surface area contributed by atoms with E-state index in [-0.39, 0.29) is 0 Å². The summed E-state index contributed by atoms with van der Waals surface area (Å²) in [6, 6.07) is 6.12. The minimum absolute atomic E-state index is 0.589. The van der Waals surface area contributed by atoms with Gasteiger partial charge in [-0.3, -0.25) is 0 Å². The highest BCUT2D eigenvalue weighted by atomic mass is 32.1. The van der Waals surface area contributed by atoms with E-state index in [4.69, 9.17) is 9.47 Å². The summed E-state index contributed by atoms with van der Waals surface area (Å²) in [5.41, 5.74) is 1.20. The molecule has 0 spiro atoms. The van der Waals surface area contributed by atoms with Gasteiger partial charge in [0.25, 0.3) is 0 Å². The predicted octanol–water partition coefficient (Wildman–Crippen LogP) is 3.55. The number of ether oxygens (including phenoxy) is 2. The maximum Gasteiger partial charge on any atom is 0.191 e. The van der Waals surface area contributed by atoms with E-state index in [0.29, 0.717) is 19.8 Å². The molecule has 0 aliphatic carbocycles. The summed E-state index contributed by atoms with van der Waals surface area (Å²) < 4.78 is 11.3. The molecule has 0 aliphatic heterocycles. The van der Waals surface area contributed by atoms with Crippen LogP contribution in [0.25, 0.3) is 0 Å². The first-order valence-corrected chi connectivity index (χ1v) is 10.3. The van der Waals surface area contributed by atoms with Gasteiger partial charge in [0, 0.05) is 24.2 Å². The Bertz CT molecular complexity index is 731. The van der Waals surface area contributed by atoms with Crippen molar-refractivity contribution in [3.05, 3.63) is 39.8 Å². The van der Waals surface area contributed by atoms with Gasteiger partial charge in [0.1, 0.15) is 5.01 Å². The summed E-state index contributed by atoms with van der Waals surface area (Å²) in [7, 11) is 0. The Hall–Kier alpha value is -2.28. The molecule has 27 heavy (non-hydrogen) atoms. The SMILES string of the molecule is CCNC(=NCc1ncc(C)s1)NCCc1ccc(OCC)c(OCC)c1. The minimum atomic E-state index is 0.589. The fraction of sp³-hybridized carbons (Fsp3) is 0.500. The Morgan fingerprint density at radius 2 is 1.89 bits per heavy atom. The maximum absolute atomic E-state index is 5.70. The number of rotatable bonds is 10. The lowest BCUT2D eigenvalue weighted by atomic mass is 10.1. The first-order chi connectivity index (χ1) is 13.2. The van der Waals surface area contributed by atoms with Gasteiger partial charge in [-0.2, -0.15) is 0 Å². The predicted molar refractivity (Wildman–Crippen MR) is 112 cm³/mol. The van der Waals surface area contributed by atoms with Crippen LogP contribution in [-0.4, -0.2) is 37.2 Å². The average Bonchev–Trinajstić information content (AvgIpc) is 3.07. The van der Waals surface area contributed by atoms with Crippen molar-refractivity contribution in [3.63, 3.8) is 0 Å². The van der Waals surface area contributed by atoms with Gasteiger partial charge < -0.3 is 20.1 Å². The topological polar surface area (TPSA) is 67.8 Å². The van der Waals surface area contributed by atoms with Crippen molar-refractivity contribution in [1.82, 2.24) is 15.6 Å². The van der Waals surface area contributed by atoms with E-state index in [0.717, 1.165) is 42.0 Å². The zero-order valence-electron chi connectivity index (χ0n) is 16.7. The number of aliphatic imine (C=N–C) groups is 1. The fourth-order valence-corrected chi connectivity index (χ4v) is 3.25. The number of hydrogen-bond donors (Lipinski definition) is 2. The van der Waals surface area contributed by atoms with Crippen LogP contribution in [0.3, 0.4) is 0 Å². The Labute approximate surface area is 166 Å². The van der Waals surface area contributed by atoms with E-state index in [1.165, 1.54) is 10.4 Å². The highest BCUT2D eigenvalue weighted by molar-refractivity contribution is 7.11. The van der Waals surface area contributed by atoms with E-state index in [1.54, 1.807) is 11.3 Å². The second kappa shape index (κ2) is 11.4. The average molecular weight is 391 g/mol. The van der Waals surface area contributed by atoms with Gasteiger partial charge in [-0.05, 0) is 51.8 Å². The van der Waals surface area contributed by atoms with Gasteiger partial charge >= 0.3 is 0 Å². The third-order valence-corrected chi connectivity index (χ3v) is 4.60. The van der Waals surface area contributed by atoms with Gasteiger partial charge in [-0.1, -0.05) is 6.07 Å². The molecule has 1 aromatic carbocycles. The van der Waals surface area contributed by atoms with Crippen molar-refractivity contribution in [3.8, 4) is 11.5 Å². The highest BCUT2D eigenvalue weighted by Gasteiger charge is 2.07. The Morgan fingerprint density at radius 1 is 1.11 bits per heavy atom. The molecular weight excluding hydrogens is 360 g/mol. The molecule has 0 amide bonds. The Kier molecular flexibility index (Phi) is 8.91. The molecule has 148 valence electrons. The van der Waals surface area contributed by atoms with Crippen LogP contribution in [-0.2, 0) is 13.0 Å². The number of benzene rings is 1. The number of nitrogens with one attached hydrogen (secondary N) is 2. The smallest absolute Gasteiger partial charge is 0.191 e. The van der Waals surface area contributed by atoms with Crippen molar-refractivity contribution >= 4 is 17.3 Å². The first kappa shape index (κ1) is 21.0. The van der Waals surface area contributed by atoms with Crippen molar-refractivity contribution in [2.75, 3.05) is 26.3 Å². The molecule has 1 heterocycles. The van der Waals surface area contributed by atoms with Gasteiger partial charge in [0.15, 0.2) is 17.5 Å². The van der Waals surface area contributed by atoms with E-state index in [1.807, 2.05) is 26.1 Å². The Balaban J connectivity index is 1.92. The molecule has 2 aromatic rings. The molecule has 0 atom stereocenters. The second-order valence-corrected chi connectivity index (χ2v) is 7.20. The monoisotopic (exact) mass is 390 g/mol. The zero-order chi connectivity index (χ0) is 19.5. The normalized spacial score (nSPS) is 11.3. The van der Waals surface area contributed by atoms with Crippen molar-refractivity contribution < 1.29 is 9.47 Å². The molecule has 0 saturated carbocycles. The van der Waals surface area contributed by atoms with Crippen molar-refractivity contribution in [2.45, 2.75) is 40.7 Å². The molecule has 0 fully saturated rings. The molecule has 2 rings (SSSR count). The largest absolute Gasteiger partial charge is 0.490 e. The highest BCUT2D eigenvalue weighted by Crippen LogP contribution is 2.28. The molecule has 7 heteroatoms. The van der Waals surface area contributed by atoms with Crippen LogP contribution < -0.4 is 20.1 Å². The lowest BCUT2D eigenvalue weighted by molar-refractivity contribution is 0.287. The van der Waals surface area contributed by atoms with E-state index < -0.39 is 0 Å². The van der Waals surface area contributed by atoms with Crippen LogP contribution in [0.5, 0.6) is 11.5 Å². The van der Waals surface area contributed by atoms with Gasteiger partial charge in [0.2, 0.25) is 0 Å². The Morgan fingerprint density at radius 3 is 2.56 bits per heavy atom. The van der Waals surface area contributed by atoms with Gasteiger partial charge in [0.05, 0.1) is 19.8 Å². The number of nitrogens with zero attached hydrogens (tertiary/aromatic N) is 2. The molecule has 0 unspecified atom stereocenters. The van der Waals surface area contributed by atoms with E-state index >= 15 is 0 Å². The molecule has 2 N–H and O–H groups in total. The molecule has 0 radical (unpaired) electrons. The zero-order valence-corrected chi connectivity index (χ0v) is 17.5. The van der Waals surface area contributed by atoms with Crippen LogP contribution >= 0.6 is 11.3 Å². The van der Waals surface area contributed by atoms with E-state index in [2.05, 4.69) is 46.6 Å². The van der Waals surface area contributed by atoms with Gasteiger partial charge in [-0.25, -0.2) is 9.98 Å². The number of thiazole rings is 1. The summed E-state index contributed by atoms with van der Waals surface area (Å²) in [5, 5.41) is 7.68. The molecule has 1 aromatic heterocycles. The van der Waals surface area contributed by atoms with Crippen LogP contribution in [0.15, 0.2) is 29.4 Å². The van der Waals surface area contributed by atoms with Crippen LogP contribution in [0.4, 0.5) is 0 Å². The molecule has 0 saturated heterocycles. The summed E-state index contributed by atoms with van der Waals surface area (Å²) >= 11 is 1.68. The van der Waals surface area contributed by atoms with Crippen molar-refractivity contribution in [1.29, 1.82) is 0 Å². The first-order valence-electron chi connectivity index (χ1n) is 9.48. The van der Waals surface area contributed by atoms with Crippen molar-refractivity contribution in [2.24, 2.45) is 4.99 Å². The fourth-order valence-electron chi connectivity index (χ4n) is 2.54.